The minimum atomic E-state index is -0.952. The minimum Gasteiger partial charge on any atom is -0.467 e. The Kier molecular flexibility index (Phi) is 6.53. The summed E-state index contributed by atoms with van der Waals surface area (Å²) in [6.07, 6.45) is 4.76. The summed E-state index contributed by atoms with van der Waals surface area (Å²) in [7, 11) is 0. The largest absolute Gasteiger partial charge is 0.467 e. The molecule has 5 aromatic rings. The van der Waals surface area contributed by atoms with Gasteiger partial charge in [0.2, 0.25) is 11.8 Å². The summed E-state index contributed by atoms with van der Waals surface area (Å²) >= 11 is 0. The van der Waals surface area contributed by atoms with E-state index in [4.69, 9.17) is 4.42 Å². The summed E-state index contributed by atoms with van der Waals surface area (Å²) in [5.74, 6) is -0.0488. The Morgan fingerprint density at radius 1 is 1.00 bits per heavy atom. The second-order valence-corrected chi connectivity index (χ2v) is 8.27. The average molecular weight is 481 g/mol. The molecule has 0 aliphatic carbocycles. The molecule has 180 valence electrons. The van der Waals surface area contributed by atoms with E-state index in [9.17, 15) is 9.59 Å². The van der Waals surface area contributed by atoms with Crippen LogP contribution in [0.15, 0.2) is 95.9 Å². The van der Waals surface area contributed by atoms with Crippen LogP contribution >= 0.6 is 0 Å². The van der Waals surface area contributed by atoms with Crippen LogP contribution in [0.25, 0.3) is 11.0 Å². The van der Waals surface area contributed by atoms with Crippen LogP contribution in [0.2, 0.25) is 0 Å². The zero-order valence-corrected chi connectivity index (χ0v) is 19.6. The molecule has 0 aliphatic rings. The number of rotatable bonds is 8. The molecule has 5 rings (SSSR count). The third-order valence-electron chi connectivity index (χ3n) is 5.89. The summed E-state index contributed by atoms with van der Waals surface area (Å²) in [4.78, 5) is 33.3. The molecule has 9 nitrogen and oxygen atoms in total. The van der Waals surface area contributed by atoms with Crippen molar-refractivity contribution >= 4 is 28.5 Å². The number of nitrogens with zero attached hydrogens (tertiary/aromatic N) is 5. The molecule has 0 radical (unpaired) electrons. The SMILES string of the molecule is Cc1ccccc1N(C(=O)Cn1nnc2ccccc21)[C@@H](C(=O)NCc1ccco1)c1ccncc1. The van der Waals surface area contributed by atoms with Crippen molar-refractivity contribution in [1.82, 2.24) is 25.3 Å². The molecule has 2 amide bonds. The monoisotopic (exact) mass is 480 g/mol. The molecule has 3 aromatic heterocycles. The van der Waals surface area contributed by atoms with E-state index in [2.05, 4.69) is 20.6 Å². The quantitative estimate of drug-likeness (QED) is 0.362. The molecule has 0 aliphatic heterocycles. The predicted molar refractivity (Wildman–Crippen MR) is 134 cm³/mol. The Morgan fingerprint density at radius 3 is 2.56 bits per heavy atom. The van der Waals surface area contributed by atoms with Crippen LogP contribution in [-0.2, 0) is 22.7 Å². The fourth-order valence-electron chi connectivity index (χ4n) is 4.14. The number of aryl methyl sites for hydroxylation is 1. The van der Waals surface area contributed by atoms with Crippen molar-refractivity contribution in [3.8, 4) is 0 Å². The number of nitrogens with one attached hydrogen (secondary N) is 1. The summed E-state index contributed by atoms with van der Waals surface area (Å²) in [6, 6.07) is 21.0. The van der Waals surface area contributed by atoms with E-state index < -0.39 is 6.04 Å². The van der Waals surface area contributed by atoms with Gasteiger partial charge in [-0.15, -0.1) is 5.10 Å². The van der Waals surface area contributed by atoms with E-state index in [-0.39, 0.29) is 24.9 Å². The van der Waals surface area contributed by atoms with Gasteiger partial charge in [-0.1, -0.05) is 35.5 Å². The third kappa shape index (κ3) is 4.72. The Hall–Kier alpha value is -4.79. The summed E-state index contributed by atoms with van der Waals surface area (Å²) < 4.78 is 6.92. The lowest BCUT2D eigenvalue weighted by atomic mass is 10.0. The molecule has 9 heteroatoms. The van der Waals surface area contributed by atoms with E-state index >= 15 is 0 Å². The van der Waals surface area contributed by atoms with E-state index in [1.54, 1.807) is 47.6 Å². The van der Waals surface area contributed by atoms with Gasteiger partial charge in [0.25, 0.3) is 0 Å². The zero-order chi connectivity index (χ0) is 24.9. The Balaban J connectivity index is 1.55. The Labute approximate surface area is 207 Å². The summed E-state index contributed by atoms with van der Waals surface area (Å²) in [5.41, 5.74) is 3.53. The number of furan rings is 1. The molecule has 0 unspecified atom stereocenters. The Morgan fingerprint density at radius 2 is 1.78 bits per heavy atom. The first kappa shape index (κ1) is 23.0. The first-order chi connectivity index (χ1) is 17.6. The number of fused-ring (bicyclic) bond motifs is 1. The maximum absolute atomic E-state index is 14.0. The fourth-order valence-corrected chi connectivity index (χ4v) is 4.14. The van der Waals surface area contributed by atoms with Crippen LogP contribution in [0.4, 0.5) is 5.69 Å². The van der Waals surface area contributed by atoms with Crippen LogP contribution in [-0.4, -0.2) is 31.8 Å². The highest BCUT2D eigenvalue weighted by molar-refractivity contribution is 6.02. The first-order valence-corrected chi connectivity index (χ1v) is 11.5. The number of pyridine rings is 1. The summed E-state index contributed by atoms with van der Waals surface area (Å²) in [5, 5.41) is 11.3. The lowest BCUT2D eigenvalue weighted by molar-refractivity contribution is -0.127. The van der Waals surface area contributed by atoms with Gasteiger partial charge in [-0.3, -0.25) is 19.5 Å². The highest BCUT2D eigenvalue weighted by Gasteiger charge is 2.34. The van der Waals surface area contributed by atoms with Crippen molar-refractivity contribution in [3.63, 3.8) is 0 Å². The van der Waals surface area contributed by atoms with Gasteiger partial charge in [0.05, 0.1) is 18.3 Å². The molecule has 2 aromatic carbocycles. The highest BCUT2D eigenvalue weighted by Crippen LogP contribution is 2.31. The van der Waals surface area contributed by atoms with Crippen molar-refractivity contribution < 1.29 is 14.0 Å². The third-order valence-corrected chi connectivity index (χ3v) is 5.89. The van der Waals surface area contributed by atoms with Gasteiger partial charge in [0.1, 0.15) is 23.9 Å². The average Bonchev–Trinajstić information content (AvgIpc) is 3.57. The number of aromatic nitrogens is 4. The number of anilines is 1. The van der Waals surface area contributed by atoms with E-state index in [0.29, 0.717) is 22.5 Å². The molecule has 0 spiro atoms. The van der Waals surface area contributed by atoms with Gasteiger partial charge in [-0.05, 0) is 60.5 Å². The van der Waals surface area contributed by atoms with Gasteiger partial charge < -0.3 is 9.73 Å². The molecule has 0 fully saturated rings. The number of amides is 2. The number of para-hydroxylation sites is 2. The van der Waals surface area contributed by atoms with Gasteiger partial charge >= 0.3 is 0 Å². The van der Waals surface area contributed by atoms with Crippen LogP contribution < -0.4 is 10.2 Å². The zero-order valence-electron chi connectivity index (χ0n) is 19.6. The number of hydrogen-bond acceptors (Lipinski definition) is 6. The molecule has 1 atom stereocenters. The second-order valence-electron chi connectivity index (χ2n) is 8.27. The molecular formula is C27H24N6O3. The number of hydrogen-bond donors (Lipinski definition) is 1. The molecule has 0 bridgehead atoms. The van der Waals surface area contributed by atoms with Crippen molar-refractivity contribution in [2.45, 2.75) is 26.1 Å². The van der Waals surface area contributed by atoms with Crippen molar-refractivity contribution in [1.29, 1.82) is 0 Å². The van der Waals surface area contributed by atoms with E-state index in [1.165, 1.54) is 4.90 Å². The topological polar surface area (TPSA) is 106 Å². The Bertz CT molecular complexity index is 1480. The minimum absolute atomic E-state index is 0.0953. The number of carbonyl (C=O) groups is 2. The maximum Gasteiger partial charge on any atom is 0.249 e. The number of carbonyl (C=O) groups excluding carboxylic acids is 2. The molecule has 36 heavy (non-hydrogen) atoms. The van der Waals surface area contributed by atoms with E-state index in [1.807, 2.05) is 55.5 Å². The maximum atomic E-state index is 14.0. The highest BCUT2D eigenvalue weighted by atomic mass is 16.3. The molecule has 0 saturated carbocycles. The molecule has 1 N–H and O–H groups in total. The van der Waals surface area contributed by atoms with Gasteiger partial charge in [0.15, 0.2) is 0 Å². The lowest BCUT2D eigenvalue weighted by Crippen LogP contribution is -2.45. The van der Waals surface area contributed by atoms with E-state index in [0.717, 1.165) is 11.1 Å². The molecular weight excluding hydrogens is 456 g/mol. The van der Waals surface area contributed by atoms with Gasteiger partial charge in [0, 0.05) is 18.1 Å². The van der Waals surface area contributed by atoms with Gasteiger partial charge in [-0.25, -0.2) is 4.68 Å². The lowest BCUT2D eigenvalue weighted by Gasteiger charge is -2.32. The smallest absolute Gasteiger partial charge is 0.249 e. The molecule has 0 saturated heterocycles. The standard InChI is InChI=1S/C27H24N6O3/c1-19-7-2-4-10-23(19)33(25(34)18-32-24-11-5-3-9-22(24)30-31-32)26(20-12-14-28-15-13-20)27(35)29-17-21-8-6-16-36-21/h2-16,26H,17-18H2,1H3,(H,29,35)/t26-/m1/s1. The first-order valence-electron chi connectivity index (χ1n) is 11.5. The van der Waals surface area contributed by atoms with Crippen LogP contribution in [0.1, 0.15) is 22.9 Å². The normalized spacial score (nSPS) is 11.8. The van der Waals surface area contributed by atoms with Crippen molar-refractivity contribution in [3.05, 3.63) is 108 Å². The van der Waals surface area contributed by atoms with Crippen molar-refractivity contribution in [2.24, 2.45) is 0 Å². The fraction of sp³-hybridized carbons (Fsp3) is 0.148. The molecule has 3 heterocycles. The summed E-state index contributed by atoms with van der Waals surface area (Å²) in [6.45, 7) is 2.00. The van der Waals surface area contributed by atoms with Gasteiger partial charge in [-0.2, -0.15) is 0 Å². The van der Waals surface area contributed by atoms with Crippen LogP contribution in [0.3, 0.4) is 0 Å². The number of benzene rings is 2. The van der Waals surface area contributed by atoms with Crippen LogP contribution in [0, 0.1) is 6.92 Å². The predicted octanol–water partition coefficient (Wildman–Crippen LogP) is 3.82. The van der Waals surface area contributed by atoms with Crippen molar-refractivity contribution in [2.75, 3.05) is 4.90 Å². The van der Waals surface area contributed by atoms with Crippen LogP contribution in [0.5, 0.6) is 0 Å². The second kappa shape index (κ2) is 10.2.